The van der Waals surface area contributed by atoms with Crippen LogP contribution in [0.2, 0.25) is 0 Å². The summed E-state index contributed by atoms with van der Waals surface area (Å²) in [7, 11) is 1.85. The molecule has 0 amide bonds. The number of aromatic hydroxyl groups is 3. The molecule has 0 aliphatic heterocycles. The number of rotatable bonds is 2. The van der Waals surface area contributed by atoms with Gasteiger partial charge in [0.2, 0.25) is 0 Å². The molecule has 0 fully saturated rings. The van der Waals surface area contributed by atoms with Gasteiger partial charge in [-0.2, -0.15) is 0 Å². The highest BCUT2D eigenvalue weighted by molar-refractivity contribution is 7.07. The summed E-state index contributed by atoms with van der Waals surface area (Å²) in [5.74, 6) is 0.193. The van der Waals surface area contributed by atoms with Crippen LogP contribution in [0, 0.1) is 0 Å². The molecule has 1 aromatic heterocycles. The molecule has 0 atom stereocenters. The summed E-state index contributed by atoms with van der Waals surface area (Å²) >= 11 is 1.43. The minimum atomic E-state index is 0.0114. The summed E-state index contributed by atoms with van der Waals surface area (Å²) in [6, 6.07) is 11.2. The highest BCUT2D eigenvalue weighted by atomic mass is 32.1. The molecule has 3 rings (SSSR count). The number of phenolic OH excluding ortho intramolecular Hbond substituents is 3. The number of thiazole rings is 1. The van der Waals surface area contributed by atoms with Crippen molar-refractivity contribution in [2.45, 2.75) is 0 Å². The molecule has 0 spiro atoms. The third kappa shape index (κ3) is 2.68. The fourth-order valence-electron chi connectivity index (χ4n) is 2.12. The Morgan fingerprint density at radius 1 is 1.00 bits per heavy atom. The van der Waals surface area contributed by atoms with E-state index in [1.54, 1.807) is 30.3 Å². The average Bonchev–Trinajstić information content (AvgIpc) is 2.81. The van der Waals surface area contributed by atoms with Crippen LogP contribution in [0.15, 0.2) is 52.8 Å². The minimum Gasteiger partial charge on any atom is -0.508 e. The van der Waals surface area contributed by atoms with Crippen LogP contribution in [0.4, 0.5) is 5.69 Å². The number of nitrogens with zero attached hydrogens (tertiary/aromatic N) is 2. The minimum absolute atomic E-state index is 0.0114. The Kier molecular flexibility index (Phi) is 3.60. The predicted octanol–water partition coefficient (Wildman–Crippen LogP) is 3.10. The lowest BCUT2D eigenvalue weighted by molar-refractivity contribution is 0.451. The summed E-state index contributed by atoms with van der Waals surface area (Å²) < 4.78 is 1.85. The van der Waals surface area contributed by atoms with Gasteiger partial charge in [0, 0.05) is 30.1 Å². The summed E-state index contributed by atoms with van der Waals surface area (Å²) in [6.45, 7) is 0. The molecule has 0 saturated heterocycles. The third-order valence-electron chi connectivity index (χ3n) is 3.24. The molecule has 3 aromatic rings. The average molecular weight is 314 g/mol. The molecule has 112 valence electrons. The summed E-state index contributed by atoms with van der Waals surface area (Å²) in [5, 5.41) is 30.7. The van der Waals surface area contributed by atoms with Crippen molar-refractivity contribution in [3.63, 3.8) is 0 Å². The van der Waals surface area contributed by atoms with Gasteiger partial charge in [0.05, 0.1) is 11.4 Å². The van der Waals surface area contributed by atoms with Crippen LogP contribution in [-0.4, -0.2) is 19.9 Å². The SMILES string of the molecule is Cn1c(-c2ccc(O)cc2O)csc1=Nc1cccc(O)c1. The Balaban J connectivity index is 2.09. The Hall–Kier alpha value is -2.73. The highest BCUT2D eigenvalue weighted by Gasteiger charge is 2.10. The molecule has 22 heavy (non-hydrogen) atoms. The highest BCUT2D eigenvalue weighted by Crippen LogP contribution is 2.32. The Morgan fingerprint density at radius 2 is 1.77 bits per heavy atom. The van der Waals surface area contributed by atoms with Crippen LogP contribution in [0.1, 0.15) is 0 Å². The molecule has 0 bridgehead atoms. The van der Waals surface area contributed by atoms with E-state index in [0.717, 1.165) is 10.5 Å². The molecular weight excluding hydrogens is 300 g/mol. The van der Waals surface area contributed by atoms with Gasteiger partial charge in [0.25, 0.3) is 0 Å². The van der Waals surface area contributed by atoms with Gasteiger partial charge in [0.15, 0.2) is 4.80 Å². The van der Waals surface area contributed by atoms with Crippen LogP contribution in [-0.2, 0) is 7.05 Å². The van der Waals surface area contributed by atoms with Gasteiger partial charge in [-0.15, -0.1) is 11.3 Å². The van der Waals surface area contributed by atoms with Crippen molar-refractivity contribution in [2.75, 3.05) is 0 Å². The van der Waals surface area contributed by atoms with Crippen LogP contribution < -0.4 is 4.80 Å². The van der Waals surface area contributed by atoms with Gasteiger partial charge in [0.1, 0.15) is 17.2 Å². The predicted molar refractivity (Wildman–Crippen MR) is 85.4 cm³/mol. The molecule has 3 N–H and O–H groups in total. The normalized spacial score (nSPS) is 11.8. The second-order valence-corrected chi connectivity index (χ2v) is 5.63. The summed E-state index contributed by atoms with van der Waals surface area (Å²) in [6.07, 6.45) is 0. The van der Waals surface area contributed by atoms with Crippen LogP contribution >= 0.6 is 11.3 Å². The smallest absolute Gasteiger partial charge is 0.190 e. The van der Waals surface area contributed by atoms with Gasteiger partial charge < -0.3 is 19.9 Å². The molecule has 0 saturated carbocycles. The van der Waals surface area contributed by atoms with Crippen molar-refractivity contribution in [3.8, 4) is 28.5 Å². The monoisotopic (exact) mass is 314 g/mol. The lowest BCUT2D eigenvalue weighted by Gasteiger charge is -2.06. The molecule has 2 aromatic carbocycles. The van der Waals surface area contributed by atoms with Crippen molar-refractivity contribution in [1.29, 1.82) is 0 Å². The van der Waals surface area contributed by atoms with Gasteiger partial charge in [-0.25, -0.2) is 4.99 Å². The zero-order chi connectivity index (χ0) is 15.7. The first-order chi connectivity index (χ1) is 10.5. The third-order valence-corrected chi connectivity index (χ3v) is 4.15. The van der Waals surface area contributed by atoms with Crippen molar-refractivity contribution in [1.82, 2.24) is 4.57 Å². The first-order valence-corrected chi connectivity index (χ1v) is 7.43. The fraction of sp³-hybridized carbons (Fsp3) is 0.0625. The van der Waals surface area contributed by atoms with Crippen molar-refractivity contribution >= 4 is 17.0 Å². The quantitative estimate of drug-likeness (QED) is 0.680. The van der Waals surface area contributed by atoms with E-state index in [1.165, 1.54) is 23.5 Å². The van der Waals surface area contributed by atoms with Crippen LogP contribution in [0.25, 0.3) is 11.3 Å². The number of aromatic nitrogens is 1. The molecule has 0 radical (unpaired) electrons. The first kappa shape index (κ1) is 14.2. The maximum absolute atomic E-state index is 9.97. The zero-order valence-corrected chi connectivity index (χ0v) is 12.6. The number of hydrogen-bond donors (Lipinski definition) is 3. The molecule has 0 aliphatic rings. The summed E-state index contributed by atoms with van der Waals surface area (Å²) in [5.41, 5.74) is 2.06. The maximum Gasteiger partial charge on any atom is 0.190 e. The molecular formula is C16H14N2O3S. The topological polar surface area (TPSA) is 78.0 Å². The van der Waals surface area contributed by atoms with E-state index in [2.05, 4.69) is 4.99 Å². The number of phenols is 3. The second kappa shape index (κ2) is 5.57. The zero-order valence-electron chi connectivity index (χ0n) is 11.8. The van der Waals surface area contributed by atoms with Crippen LogP contribution in [0.3, 0.4) is 0 Å². The Morgan fingerprint density at radius 3 is 2.50 bits per heavy atom. The van der Waals surface area contributed by atoms with E-state index in [1.807, 2.05) is 17.0 Å². The molecule has 0 aliphatic carbocycles. The van der Waals surface area contributed by atoms with Gasteiger partial charge in [-0.05, 0) is 24.3 Å². The molecule has 6 heteroatoms. The fourth-order valence-corrected chi connectivity index (χ4v) is 3.04. The van der Waals surface area contributed by atoms with Gasteiger partial charge in [-0.1, -0.05) is 6.07 Å². The van der Waals surface area contributed by atoms with E-state index in [9.17, 15) is 15.3 Å². The molecule has 1 heterocycles. The van der Waals surface area contributed by atoms with Crippen molar-refractivity contribution < 1.29 is 15.3 Å². The maximum atomic E-state index is 9.97. The van der Waals surface area contributed by atoms with E-state index in [4.69, 9.17) is 0 Å². The van der Waals surface area contributed by atoms with Crippen LogP contribution in [0.5, 0.6) is 17.2 Å². The molecule has 5 nitrogen and oxygen atoms in total. The van der Waals surface area contributed by atoms with Crippen molar-refractivity contribution in [3.05, 3.63) is 52.6 Å². The second-order valence-electron chi connectivity index (χ2n) is 4.80. The van der Waals surface area contributed by atoms with E-state index < -0.39 is 0 Å². The summed E-state index contributed by atoms with van der Waals surface area (Å²) in [4.78, 5) is 5.22. The largest absolute Gasteiger partial charge is 0.508 e. The lowest BCUT2D eigenvalue weighted by Crippen LogP contribution is -2.10. The van der Waals surface area contributed by atoms with Crippen molar-refractivity contribution in [2.24, 2.45) is 12.0 Å². The number of benzene rings is 2. The standard InChI is InChI=1S/C16H14N2O3S/c1-18-14(13-6-5-12(20)8-15(13)21)9-22-16(18)17-10-3-2-4-11(19)7-10/h2-9,19-21H,1H3. The first-order valence-electron chi connectivity index (χ1n) is 6.55. The van der Waals surface area contributed by atoms with E-state index in [0.29, 0.717) is 11.3 Å². The number of hydrogen-bond acceptors (Lipinski definition) is 5. The Labute approximate surface area is 130 Å². The van der Waals surface area contributed by atoms with E-state index >= 15 is 0 Å². The lowest BCUT2D eigenvalue weighted by atomic mass is 10.1. The molecule has 0 unspecified atom stereocenters. The van der Waals surface area contributed by atoms with Gasteiger partial charge >= 0.3 is 0 Å². The Bertz CT molecular complexity index is 896. The van der Waals surface area contributed by atoms with E-state index in [-0.39, 0.29) is 17.2 Å². The van der Waals surface area contributed by atoms with Gasteiger partial charge in [-0.3, -0.25) is 0 Å².